The van der Waals surface area contributed by atoms with Gasteiger partial charge in [0.2, 0.25) is 5.88 Å². The molecule has 1 aromatic heterocycles. The summed E-state index contributed by atoms with van der Waals surface area (Å²) in [4.78, 5) is 4.00. The number of nitrogens with zero attached hydrogens (tertiary/aromatic N) is 2. The van der Waals surface area contributed by atoms with Gasteiger partial charge in [-0.1, -0.05) is 0 Å². The Kier molecular flexibility index (Phi) is 2.65. The van der Waals surface area contributed by atoms with Gasteiger partial charge in [0.15, 0.2) is 0 Å². The lowest BCUT2D eigenvalue weighted by molar-refractivity contribution is 0.395. The predicted molar refractivity (Wildman–Crippen MR) is 48.2 cm³/mol. The Labute approximate surface area is 78.1 Å². The van der Waals surface area contributed by atoms with Crippen molar-refractivity contribution in [3.05, 3.63) is 21.4 Å². The van der Waals surface area contributed by atoms with Crippen LogP contribution in [-0.4, -0.2) is 12.1 Å². The molecule has 3 nitrogen and oxygen atoms in total. The van der Waals surface area contributed by atoms with Gasteiger partial charge in [0.1, 0.15) is 15.3 Å². The second-order valence-electron chi connectivity index (χ2n) is 1.80. The molecule has 0 aliphatic carbocycles. The first kappa shape index (κ1) is 8.27. The molecule has 0 aromatic carbocycles. The van der Waals surface area contributed by atoms with Crippen LogP contribution in [0.3, 0.4) is 0 Å². The van der Waals surface area contributed by atoms with Crippen LogP contribution in [0, 0.1) is 15.0 Å². The summed E-state index contributed by atoms with van der Waals surface area (Å²) in [5.41, 5.74) is 0.466. The van der Waals surface area contributed by atoms with Crippen molar-refractivity contribution in [1.29, 1.82) is 5.26 Å². The predicted octanol–water partition coefficient (Wildman–Crippen LogP) is 1.57. The van der Waals surface area contributed by atoms with E-state index in [2.05, 4.69) is 27.6 Å². The summed E-state index contributed by atoms with van der Waals surface area (Å²) >= 11 is 2.06. The molecule has 0 aliphatic rings. The number of aromatic nitrogens is 1. The molecule has 0 spiro atoms. The first-order chi connectivity index (χ1) is 5.27. The molecule has 0 aliphatic heterocycles. The van der Waals surface area contributed by atoms with E-state index in [0.29, 0.717) is 11.4 Å². The van der Waals surface area contributed by atoms with Crippen molar-refractivity contribution in [2.45, 2.75) is 0 Å². The lowest BCUT2D eigenvalue weighted by atomic mass is 10.3. The summed E-state index contributed by atoms with van der Waals surface area (Å²) in [7, 11) is 1.50. The van der Waals surface area contributed by atoms with Crippen molar-refractivity contribution in [2.75, 3.05) is 7.11 Å². The zero-order chi connectivity index (χ0) is 8.27. The maximum Gasteiger partial charge on any atom is 0.232 e. The molecule has 1 aromatic rings. The van der Waals surface area contributed by atoms with Crippen LogP contribution in [0.2, 0.25) is 0 Å². The summed E-state index contributed by atoms with van der Waals surface area (Å²) < 4.78 is 5.70. The van der Waals surface area contributed by atoms with E-state index in [0.717, 1.165) is 3.70 Å². The molecule has 11 heavy (non-hydrogen) atoms. The van der Waals surface area contributed by atoms with Crippen LogP contribution in [-0.2, 0) is 0 Å². The minimum absolute atomic E-state index is 0.388. The molecule has 1 rings (SSSR count). The van der Waals surface area contributed by atoms with E-state index in [-0.39, 0.29) is 0 Å². The highest BCUT2D eigenvalue weighted by Crippen LogP contribution is 2.14. The van der Waals surface area contributed by atoms with Gasteiger partial charge in [-0.25, -0.2) is 4.98 Å². The SMILES string of the molecule is COc1nc(I)ccc1C#N. The zero-order valence-corrected chi connectivity index (χ0v) is 7.99. The van der Waals surface area contributed by atoms with Crippen LogP contribution < -0.4 is 4.74 Å². The number of methoxy groups -OCH3 is 1. The van der Waals surface area contributed by atoms with Gasteiger partial charge in [-0.2, -0.15) is 5.26 Å². The van der Waals surface area contributed by atoms with Gasteiger partial charge >= 0.3 is 0 Å². The van der Waals surface area contributed by atoms with Gasteiger partial charge in [-0.15, -0.1) is 0 Å². The number of ether oxygens (including phenoxy) is 1. The first-order valence-corrected chi connectivity index (χ1v) is 3.96. The molecule has 0 atom stereocenters. The topological polar surface area (TPSA) is 45.9 Å². The molecule has 0 saturated carbocycles. The van der Waals surface area contributed by atoms with Gasteiger partial charge < -0.3 is 4.74 Å². The summed E-state index contributed by atoms with van der Waals surface area (Å²) in [6.07, 6.45) is 0. The van der Waals surface area contributed by atoms with E-state index in [1.807, 2.05) is 6.07 Å². The monoisotopic (exact) mass is 260 g/mol. The fourth-order valence-electron chi connectivity index (χ4n) is 0.659. The van der Waals surface area contributed by atoms with Gasteiger partial charge in [0.25, 0.3) is 0 Å². The van der Waals surface area contributed by atoms with E-state index >= 15 is 0 Å². The van der Waals surface area contributed by atoms with E-state index in [9.17, 15) is 0 Å². The summed E-state index contributed by atoms with van der Waals surface area (Å²) in [5.74, 6) is 0.388. The third kappa shape index (κ3) is 1.80. The Morgan fingerprint density at radius 3 is 2.91 bits per heavy atom. The highest BCUT2D eigenvalue weighted by molar-refractivity contribution is 14.1. The maximum atomic E-state index is 8.57. The zero-order valence-electron chi connectivity index (χ0n) is 5.84. The molecule has 0 saturated heterocycles. The molecule has 0 amide bonds. The minimum Gasteiger partial charge on any atom is -0.480 e. The first-order valence-electron chi connectivity index (χ1n) is 2.88. The molecule has 0 bridgehead atoms. The lowest BCUT2D eigenvalue weighted by Crippen LogP contribution is -1.92. The molecule has 4 heteroatoms. The van der Waals surface area contributed by atoms with Crippen molar-refractivity contribution in [2.24, 2.45) is 0 Å². The Morgan fingerprint density at radius 2 is 2.36 bits per heavy atom. The molecule has 1 heterocycles. The van der Waals surface area contributed by atoms with Crippen LogP contribution in [0.1, 0.15) is 5.56 Å². The number of hydrogen-bond donors (Lipinski definition) is 0. The highest BCUT2D eigenvalue weighted by Gasteiger charge is 2.02. The minimum atomic E-state index is 0.388. The second-order valence-corrected chi connectivity index (χ2v) is 2.91. The smallest absolute Gasteiger partial charge is 0.232 e. The third-order valence-corrected chi connectivity index (χ3v) is 1.74. The Bertz CT molecular complexity index is 306. The molecule has 0 fully saturated rings. The standard InChI is InChI=1S/C7H5IN2O/c1-11-7-5(4-9)2-3-6(8)10-7/h2-3H,1H3. The van der Waals surface area contributed by atoms with Crippen molar-refractivity contribution in [3.8, 4) is 11.9 Å². The van der Waals surface area contributed by atoms with Crippen LogP contribution in [0.15, 0.2) is 12.1 Å². The van der Waals surface area contributed by atoms with Gasteiger partial charge in [0.05, 0.1) is 7.11 Å². The van der Waals surface area contributed by atoms with E-state index in [1.165, 1.54) is 7.11 Å². The van der Waals surface area contributed by atoms with Gasteiger partial charge in [-0.05, 0) is 34.7 Å². The molecule has 56 valence electrons. The van der Waals surface area contributed by atoms with Crippen LogP contribution in [0.25, 0.3) is 0 Å². The number of pyridine rings is 1. The average molecular weight is 260 g/mol. The summed E-state index contributed by atoms with van der Waals surface area (Å²) in [5, 5.41) is 8.57. The molecule has 0 N–H and O–H groups in total. The number of hydrogen-bond acceptors (Lipinski definition) is 3. The van der Waals surface area contributed by atoms with Crippen molar-refractivity contribution >= 4 is 22.6 Å². The fraction of sp³-hybridized carbons (Fsp3) is 0.143. The maximum absolute atomic E-state index is 8.57. The van der Waals surface area contributed by atoms with E-state index in [1.54, 1.807) is 12.1 Å². The molecule has 0 radical (unpaired) electrons. The van der Waals surface area contributed by atoms with Gasteiger partial charge in [-0.3, -0.25) is 0 Å². The van der Waals surface area contributed by atoms with Crippen molar-refractivity contribution in [3.63, 3.8) is 0 Å². The van der Waals surface area contributed by atoms with E-state index < -0.39 is 0 Å². The van der Waals surface area contributed by atoms with Crippen LogP contribution in [0.5, 0.6) is 5.88 Å². The molecular formula is C7H5IN2O. The van der Waals surface area contributed by atoms with Crippen molar-refractivity contribution < 1.29 is 4.74 Å². The molecule has 0 unspecified atom stereocenters. The average Bonchev–Trinajstić information content (AvgIpc) is 2.04. The highest BCUT2D eigenvalue weighted by atomic mass is 127. The third-order valence-electron chi connectivity index (χ3n) is 1.14. The summed E-state index contributed by atoms with van der Waals surface area (Å²) in [6, 6.07) is 5.44. The Balaban J connectivity index is 3.19. The number of nitriles is 1. The Morgan fingerprint density at radius 1 is 1.64 bits per heavy atom. The summed E-state index contributed by atoms with van der Waals surface area (Å²) in [6.45, 7) is 0. The van der Waals surface area contributed by atoms with Gasteiger partial charge in [0, 0.05) is 0 Å². The Hall–Kier alpha value is -0.830. The normalized spacial score (nSPS) is 8.82. The van der Waals surface area contributed by atoms with Crippen molar-refractivity contribution in [1.82, 2.24) is 4.98 Å². The lowest BCUT2D eigenvalue weighted by Gasteiger charge is -1.99. The quantitative estimate of drug-likeness (QED) is 0.568. The number of rotatable bonds is 1. The largest absolute Gasteiger partial charge is 0.480 e. The number of halogens is 1. The molecular weight excluding hydrogens is 255 g/mol. The van der Waals surface area contributed by atoms with Crippen LogP contribution >= 0.6 is 22.6 Å². The second kappa shape index (κ2) is 3.53. The fourth-order valence-corrected chi connectivity index (χ4v) is 1.06. The van der Waals surface area contributed by atoms with E-state index in [4.69, 9.17) is 10.00 Å². The van der Waals surface area contributed by atoms with Crippen LogP contribution in [0.4, 0.5) is 0 Å².